The summed E-state index contributed by atoms with van der Waals surface area (Å²) in [6.07, 6.45) is -5.62. The molecule has 0 bridgehead atoms. The van der Waals surface area contributed by atoms with Gasteiger partial charge in [-0.15, -0.1) is 0 Å². The Morgan fingerprint density at radius 1 is 1.10 bits per heavy atom. The minimum absolute atomic E-state index is 0.0851. The quantitative estimate of drug-likeness (QED) is 0.862. The Labute approximate surface area is 112 Å². The zero-order chi connectivity index (χ0) is 15.0. The van der Waals surface area contributed by atoms with E-state index in [4.69, 9.17) is 4.74 Å². The smallest absolute Gasteiger partial charge is 0.455 e. The summed E-state index contributed by atoms with van der Waals surface area (Å²) in [5, 5.41) is 2.36. The van der Waals surface area contributed by atoms with E-state index >= 15 is 0 Å². The molecule has 1 N–H and O–H groups in total. The number of hydrogen-bond acceptors (Lipinski definition) is 2. The summed E-state index contributed by atoms with van der Waals surface area (Å²) >= 11 is 0. The summed E-state index contributed by atoms with van der Waals surface area (Å²) in [6, 6.07) is 5.25. The average Bonchev–Trinajstić information content (AvgIpc) is 2.88. The third-order valence-corrected chi connectivity index (χ3v) is 3.63. The molecule has 1 aliphatic rings. The van der Waals surface area contributed by atoms with Crippen LogP contribution in [-0.4, -0.2) is 25.8 Å². The molecule has 1 heterocycles. The molecule has 0 spiro atoms. The summed E-state index contributed by atoms with van der Waals surface area (Å²) in [5.41, 5.74) is -2.49. The molecule has 0 amide bonds. The molecule has 0 aromatic heterocycles. The third-order valence-electron chi connectivity index (χ3n) is 3.63. The monoisotopic (exact) mass is 295 g/mol. The van der Waals surface area contributed by atoms with Crippen LogP contribution >= 0.6 is 0 Å². The van der Waals surface area contributed by atoms with Gasteiger partial charge >= 0.3 is 12.1 Å². The highest BCUT2D eigenvalue weighted by Crippen LogP contribution is 2.52. The Bertz CT molecular complexity index is 463. The Morgan fingerprint density at radius 3 is 2.10 bits per heavy atom. The fourth-order valence-corrected chi connectivity index (χ4v) is 2.56. The largest absolute Gasteiger partial charge is 0.497 e. The topological polar surface area (TPSA) is 21.3 Å². The van der Waals surface area contributed by atoms with Crippen molar-refractivity contribution in [3.05, 3.63) is 29.8 Å². The van der Waals surface area contributed by atoms with Gasteiger partial charge in [0.25, 0.3) is 0 Å². The number of ether oxygens (including phenoxy) is 1. The molecule has 0 saturated carbocycles. The van der Waals surface area contributed by atoms with Gasteiger partial charge in [0, 0.05) is 0 Å². The molecular formula is C13H14F5NO. The van der Waals surface area contributed by atoms with Gasteiger partial charge in [-0.1, -0.05) is 12.1 Å². The van der Waals surface area contributed by atoms with Crippen LogP contribution in [0.5, 0.6) is 5.75 Å². The molecule has 2 rings (SSSR count). The second-order valence-corrected chi connectivity index (χ2v) is 4.74. The van der Waals surface area contributed by atoms with Crippen LogP contribution in [0.25, 0.3) is 0 Å². The van der Waals surface area contributed by atoms with E-state index in [9.17, 15) is 22.0 Å². The first-order valence-electron chi connectivity index (χ1n) is 6.09. The minimum Gasteiger partial charge on any atom is -0.497 e. The summed E-state index contributed by atoms with van der Waals surface area (Å²) in [4.78, 5) is 0. The number of nitrogens with one attached hydrogen (secondary N) is 1. The van der Waals surface area contributed by atoms with E-state index in [2.05, 4.69) is 5.32 Å². The molecule has 20 heavy (non-hydrogen) atoms. The van der Waals surface area contributed by atoms with Crippen molar-refractivity contribution in [1.29, 1.82) is 0 Å². The van der Waals surface area contributed by atoms with Crippen molar-refractivity contribution in [2.75, 3.05) is 13.7 Å². The van der Waals surface area contributed by atoms with Gasteiger partial charge in [0.1, 0.15) is 11.3 Å². The maximum atomic E-state index is 13.9. The molecule has 1 aliphatic heterocycles. The zero-order valence-electron chi connectivity index (χ0n) is 10.7. The van der Waals surface area contributed by atoms with E-state index in [0.29, 0.717) is 5.75 Å². The third kappa shape index (κ3) is 2.13. The van der Waals surface area contributed by atoms with Gasteiger partial charge in [-0.3, -0.25) is 0 Å². The maximum Gasteiger partial charge on any atom is 0.455 e. The summed E-state index contributed by atoms with van der Waals surface area (Å²) in [6.45, 7) is 0.123. The highest BCUT2D eigenvalue weighted by Gasteiger charge is 2.71. The fourth-order valence-electron chi connectivity index (χ4n) is 2.56. The normalized spacial score (nSPS) is 23.9. The van der Waals surface area contributed by atoms with Crippen molar-refractivity contribution >= 4 is 0 Å². The molecule has 1 saturated heterocycles. The lowest BCUT2D eigenvalue weighted by atomic mass is 9.81. The highest BCUT2D eigenvalue weighted by molar-refractivity contribution is 5.35. The standard InChI is InChI=1S/C13H14F5NO/c1-20-10-5-3-9(4-6-10)11(7-2-8-19-11)12(14,15)13(16,17)18/h3-6,19H,2,7-8H2,1H3. The molecular weight excluding hydrogens is 281 g/mol. The van der Waals surface area contributed by atoms with Crippen molar-refractivity contribution in [1.82, 2.24) is 5.32 Å². The fraction of sp³-hybridized carbons (Fsp3) is 0.538. The predicted molar refractivity (Wildman–Crippen MR) is 62.9 cm³/mol. The Balaban J connectivity index is 2.49. The van der Waals surface area contributed by atoms with Crippen LogP contribution in [0.3, 0.4) is 0 Å². The first-order valence-corrected chi connectivity index (χ1v) is 6.09. The second-order valence-electron chi connectivity index (χ2n) is 4.74. The number of benzene rings is 1. The van der Waals surface area contributed by atoms with Crippen molar-refractivity contribution in [2.45, 2.75) is 30.5 Å². The summed E-state index contributed by atoms with van der Waals surface area (Å²) < 4.78 is 71.0. The molecule has 0 aliphatic carbocycles. The van der Waals surface area contributed by atoms with Gasteiger partial charge in [0.05, 0.1) is 7.11 Å². The van der Waals surface area contributed by atoms with E-state index in [1.165, 1.54) is 31.4 Å². The SMILES string of the molecule is COc1ccc(C2(C(F)(F)C(F)(F)F)CCCN2)cc1. The Hall–Kier alpha value is -1.37. The van der Waals surface area contributed by atoms with Crippen molar-refractivity contribution < 1.29 is 26.7 Å². The van der Waals surface area contributed by atoms with Gasteiger partial charge < -0.3 is 10.1 Å². The second kappa shape index (κ2) is 4.87. The lowest BCUT2D eigenvalue weighted by molar-refractivity contribution is -0.312. The molecule has 0 radical (unpaired) electrons. The minimum atomic E-state index is -5.61. The summed E-state index contributed by atoms with van der Waals surface area (Å²) in [7, 11) is 1.39. The zero-order valence-corrected chi connectivity index (χ0v) is 10.7. The number of methoxy groups -OCH3 is 1. The van der Waals surface area contributed by atoms with E-state index < -0.39 is 17.6 Å². The number of halogens is 5. The highest BCUT2D eigenvalue weighted by atomic mass is 19.4. The first kappa shape index (κ1) is 15.0. The number of rotatable bonds is 3. The van der Waals surface area contributed by atoms with Gasteiger partial charge in [0.15, 0.2) is 0 Å². The van der Waals surface area contributed by atoms with Gasteiger partial charge in [-0.25, -0.2) is 0 Å². The van der Waals surface area contributed by atoms with E-state index in [-0.39, 0.29) is 24.9 Å². The molecule has 1 fully saturated rings. The van der Waals surface area contributed by atoms with Gasteiger partial charge in [0.2, 0.25) is 0 Å². The van der Waals surface area contributed by atoms with Crippen LogP contribution < -0.4 is 10.1 Å². The predicted octanol–water partition coefficient (Wildman–Crippen LogP) is 3.47. The van der Waals surface area contributed by atoms with Gasteiger partial charge in [-0.2, -0.15) is 22.0 Å². The van der Waals surface area contributed by atoms with Crippen molar-refractivity contribution in [2.24, 2.45) is 0 Å². The molecule has 1 aromatic rings. The van der Waals surface area contributed by atoms with E-state index in [0.717, 1.165) is 0 Å². The van der Waals surface area contributed by atoms with E-state index in [1.807, 2.05) is 0 Å². The Kier molecular flexibility index (Phi) is 3.66. The lowest BCUT2D eigenvalue weighted by Gasteiger charge is -2.38. The first-order chi connectivity index (χ1) is 9.24. The van der Waals surface area contributed by atoms with Crippen LogP contribution in [0.15, 0.2) is 24.3 Å². The van der Waals surface area contributed by atoms with E-state index in [1.54, 1.807) is 0 Å². The number of alkyl halides is 5. The van der Waals surface area contributed by atoms with Crippen LogP contribution in [-0.2, 0) is 5.54 Å². The molecule has 2 nitrogen and oxygen atoms in total. The van der Waals surface area contributed by atoms with Crippen LogP contribution in [0.4, 0.5) is 22.0 Å². The van der Waals surface area contributed by atoms with Crippen LogP contribution in [0, 0.1) is 0 Å². The van der Waals surface area contributed by atoms with Crippen molar-refractivity contribution in [3.63, 3.8) is 0 Å². The van der Waals surface area contributed by atoms with Crippen LogP contribution in [0.1, 0.15) is 18.4 Å². The van der Waals surface area contributed by atoms with Crippen molar-refractivity contribution in [3.8, 4) is 5.75 Å². The molecule has 112 valence electrons. The molecule has 1 unspecified atom stereocenters. The van der Waals surface area contributed by atoms with Gasteiger partial charge in [-0.05, 0) is 37.1 Å². The molecule has 1 atom stereocenters. The maximum absolute atomic E-state index is 13.9. The Morgan fingerprint density at radius 2 is 1.70 bits per heavy atom. The number of hydrogen-bond donors (Lipinski definition) is 1. The molecule has 7 heteroatoms. The summed E-state index contributed by atoms with van der Waals surface area (Å²) in [5.74, 6) is -4.44. The van der Waals surface area contributed by atoms with Crippen LogP contribution in [0.2, 0.25) is 0 Å². The molecule has 1 aromatic carbocycles. The average molecular weight is 295 g/mol. The lowest BCUT2D eigenvalue weighted by Crippen LogP contribution is -2.59.